The predicted octanol–water partition coefficient (Wildman–Crippen LogP) is 3.22. The summed E-state index contributed by atoms with van der Waals surface area (Å²) in [6.45, 7) is 9.37. The second-order valence-electron chi connectivity index (χ2n) is 4.67. The van der Waals surface area contributed by atoms with E-state index in [9.17, 15) is 0 Å². The lowest BCUT2D eigenvalue weighted by atomic mass is 10.0. The molecule has 15 heavy (non-hydrogen) atoms. The minimum Gasteiger partial charge on any atom is -0.396 e. The van der Waals surface area contributed by atoms with Crippen molar-refractivity contribution in [1.29, 1.82) is 0 Å². The van der Waals surface area contributed by atoms with E-state index in [1.165, 1.54) is 12.8 Å². The van der Waals surface area contributed by atoms with Crippen LogP contribution in [0.3, 0.4) is 0 Å². The second kappa shape index (κ2) is 13.9. The molecule has 2 nitrogen and oxygen atoms in total. The van der Waals surface area contributed by atoms with Crippen LogP contribution in [0.25, 0.3) is 0 Å². The van der Waals surface area contributed by atoms with Gasteiger partial charge in [0.05, 0.1) is 0 Å². The van der Waals surface area contributed by atoms with E-state index in [2.05, 4.69) is 27.7 Å². The highest BCUT2D eigenvalue weighted by Gasteiger charge is 1.96. The quantitative estimate of drug-likeness (QED) is 0.689. The molecule has 0 amide bonds. The van der Waals surface area contributed by atoms with Crippen LogP contribution in [0, 0.1) is 11.8 Å². The van der Waals surface area contributed by atoms with E-state index in [0.717, 1.165) is 25.2 Å². The van der Waals surface area contributed by atoms with Gasteiger partial charge in [-0.05, 0) is 31.1 Å². The first-order valence-electron chi connectivity index (χ1n) is 6.30. The summed E-state index contributed by atoms with van der Waals surface area (Å²) in [4.78, 5) is 0. The zero-order valence-corrected chi connectivity index (χ0v) is 11.0. The lowest BCUT2D eigenvalue weighted by Crippen LogP contribution is -1.96. The highest BCUT2D eigenvalue weighted by Crippen LogP contribution is 2.07. The van der Waals surface area contributed by atoms with Crippen molar-refractivity contribution in [2.75, 3.05) is 13.2 Å². The van der Waals surface area contributed by atoms with E-state index in [4.69, 9.17) is 10.2 Å². The molecular weight excluding hydrogens is 188 g/mol. The summed E-state index contributed by atoms with van der Waals surface area (Å²) in [5.74, 6) is 1.46. The molecule has 0 rings (SSSR count). The smallest absolute Gasteiger partial charge is 0.0433 e. The van der Waals surface area contributed by atoms with Gasteiger partial charge in [0, 0.05) is 13.2 Å². The molecule has 0 aliphatic rings. The van der Waals surface area contributed by atoms with Crippen molar-refractivity contribution in [2.45, 2.75) is 59.8 Å². The fraction of sp³-hybridized carbons (Fsp3) is 1.00. The summed E-state index contributed by atoms with van der Waals surface area (Å²) in [7, 11) is 0. The first kappa shape index (κ1) is 17.3. The summed E-state index contributed by atoms with van der Waals surface area (Å²) in [5, 5.41) is 16.8. The maximum atomic E-state index is 8.46. The number of aliphatic hydroxyl groups is 2. The van der Waals surface area contributed by atoms with Gasteiger partial charge >= 0.3 is 0 Å². The van der Waals surface area contributed by atoms with Crippen LogP contribution in [-0.2, 0) is 0 Å². The summed E-state index contributed by atoms with van der Waals surface area (Å²) in [6, 6.07) is 0. The van der Waals surface area contributed by atoms with Crippen LogP contribution in [-0.4, -0.2) is 23.4 Å². The summed E-state index contributed by atoms with van der Waals surface area (Å²) in [6.07, 6.45) is 5.56. The molecule has 0 spiro atoms. The van der Waals surface area contributed by atoms with E-state index in [1.807, 2.05) is 0 Å². The van der Waals surface area contributed by atoms with Gasteiger partial charge in [-0.3, -0.25) is 0 Å². The van der Waals surface area contributed by atoms with Gasteiger partial charge in [0.2, 0.25) is 0 Å². The maximum absolute atomic E-state index is 8.46. The molecule has 0 saturated heterocycles. The van der Waals surface area contributed by atoms with Gasteiger partial charge in [0.25, 0.3) is 0 Å². The maximum Gasteiger partial charge on any atom is 0.0433 e. The molecule has 0 aliphatic carbocycles. The third-order valence-corrected chi connectivity index (χ3v) is 2.34. The minimum atomic E-state index is 0.345. The fourth-order valence-corrected chi connectivity index (χ4v) is 1.36. The molecule has 2 N–H and O–H groups in total. The Kier molecular flexibility index (Phi) is 16.1. The Morgan fingerprint density at radius 2 is 1.47 bits per heavy atom. The SMILES string of the molecule is CC(C)CCCO.CCCC(C)CCO. The number of hydrogen-bond acceptors (Lipinski definition) is 2. The minimum absolute atomic E-state index is 0.345. The average Bonchev–Trinajstić information content (AvgIpc) is 2.16. The van der Waals surface area contributed by atoms with Crippen molar-refractivity contribution in [3.8, 4) is 0 Å². The number of aliphatic hydroxyl groups excluding tert-OH is 2. The van der Waals surface area contributed by atoms with Crippen molar-refractivity contribution >= 4 is 0 Å². The largest absolute Gasteiger partial charge is 0.396 e. The Morgan fingerprint density at radius 3 is 1.73 bits per heavy atom. The van der Waals surface area contributed by atoms with Crippen LogP contribution in [0.1, 0.15) is 59.8 Å². The zero-order chi connectivity index (χ0) is 12.1. The van der Waals surface area contributed by atoms with Gasteiger partial charge < -0.3 is 10.2 Å². The number of rotatable bonds is 7. The molecule has 1 atom stereocenters. The van der Waals surface area contributed by atoms with Crippen LogP contribution in [0.2, 0.25) is 0 Å². The molecule has 0 radical (unpaired) electrons. The highest BCUT2D eigenvalue weighted by atomic mass is 16.3. The van der Waals surface area contributed by atoms with Crippen LogP contribution < -0.4 is 0 Å². The molecule has 0 bridgehead atoms. The Hall–Kier alpha value is -0.0800. The monoisotopic (exact) mass is 218 g/mol. The standard InChI is InChI=1S/C7H16O.C6H14O/c1-3-4-7(2)5-6-8;1-6(2)4-3-5-7/h7-8H,3-6H2,1-2H3;6-7H,3-5H2,1-2H3. The number of hydrogen-bond donors (Lipinski definition) is 2. The van der Waals surface area contributed by atoms with E-state index < -0.39 is 0 Å². The van der Waals surface area contributed by atoms with Gasteiger partial charge in [0.15, 0.2) is 0 Å². The van der Waals surface area contributed by atoms with Crippen molar-refractivity contribution in [2.24, 2.45) is 11.8 Å². The highest BCUT2D eigenvalue weighted by molar-refractivity contribution is 4.49. The van der Waals surface area contributed by atoms with Crippen LogP contribution in [0.5, 0.6) is 0 Å². The molecule has 0 heterocycles. The second-order valence-corrected chi connectivity index (χ2v) is 4.67. The molecule has 0 aliphatic heterocycles. The molecule has 0 aromatic heterocycles. The van der Waals surface area contributed by atoms with Gasteiger partial charge in [-0.1, -0.05) is 40.5 Å². The normalized spacial score (nSPS) is 12.2. The van der Waals surface area contributed by atoms with Crippen LogP contribution >= 0.6 is 0 Å². The van der Waals surface area contributed by atoms with Gasteiger partial charge in [0.1, 0.15) is 0 Å². The molecule has 94 valence electrons. The Bertz CT molecular complexity index is 96.7. The van der Waals surface area contributed by atoms with Crippen molar-refractivity contribution in [3.63, 3.8) is 0 Å². The average molecular weight is 218 g/mol. The Morgan fingerprint density at radius 1 is 0.867 bits per heavy atom. The zero-order valence-electron chi connectivity index (χ0n) is 11.0. The van der Waals surface area contributed by atoms with Crippen molar-refractivity contribution in [1.82, 2.24) is 0 Å². The summed E-state index contributed by atoms with van der Waals surface area (Å²) in [5.41, 5.74) is 0. The Labute approximate surface area is 95.7 Å². The topological polar surface area (TPSA) is 40.5 Å². The predicted molar refractivity (Wildman–Crippen MR) is 66.9 cm³/mol. The van der Waals surface area contributed by atoms with Gasteiger partial charge in [-0.2, -0.15) is 0 Å². The van der Waals surface area contributed by atoms with E-state index in [1.54, 1.807) is 0 Å². The van der Waals surface area contributed by atoms with E-state index in [-0.39, 0.29) is 0 Å². The van der Waals surface area contributed by atoms with Crippen molar-refractivity contribution < 1.29 is 10.2 Å². The molecular formula is C13H30O2. The molecule has 1 unspecified atom stereocenters. The van der Waals surface area contributed by atoms with E-state index >= 15 is 0 Å². The molecule has 0 aromatic carbocycles. The first-order valence-corrected chi connectivity index (χ1v) is 6.30. The summed E-state index contributed by atoms with van der Waals surface area (Å²) >= 11 is 0. The fourth-order valence-electron chi connectivity index (χ4n) is 1.36. The molecule has 0 fully saturated rings. The lowest BCUT2D eigenvalue weighted by molar-refractivity contribution is 0.258. The third-order valence-electron chi connectivity index (χ3n) is 2.34. The third kappa shape index (κ3) is 20.1. The van der Waals surface area contributed by atoms with Gasteiger partial charge in [-0.15, -0.1) is 0 Å². The van der Waals surface area contributed by atoms with Crippen LogP contribution in [0.15, 0.2) is 0 Å². The van der Waals surface area contributed by atoms with Crippen molar-refractivity contribution in [3.05, 3.63) is 0 Å². The molecule has 2 heteroatoms. The molecule has 0 saturated carbocycles. The van der Waals surface area contributed by atoms with Crippen LogP contribution in [0.4, 0.5) is 0 Å². The molecule has 0 aromatic rings. The summed E-state index contributed by atoms with van der Waals surface area (Å²) < 4.78 is 0. The van der Waals surface area contributed by atoms with Gasteiger partial charge in [-0.25, -0.2) is 0 Å². The van der Waals surface area contributed by atoms with E-state index in [0.29, 0.717) is 19.1 Å². The lowest BCUT2D eigenvalue weighted by Gasteiger charge is -2.05. The first-order chi connectivity index (χ1) is 7.08. The Balaban J connectivity index is 0.